The molecule has 0 spiro atoms. The monoisotopic (exact) mass is 347 g/mol. The van der Waals surface area contributed by atoms with E-state index >= 15 is 0 Å². The standard InChI is InChI=1S/C16H15Cl2N5/c17-12-4-3-5-13(16(12)18)21-10-15-20-8-9-23(15)11-22-14-6-1-2-7-19-14/h1-7,11,21H,8-10H2/b22-11+. The molecule has 0 radical (unpaired) electrons. The van der Waals surface area contributed by atoms with Crippen molar-refractivity contribution in [2.24, 2.45) is 9.98 Å². The van der Waals surface area contributed by atoms with Gasteiger partial charge in [-0.2, -0.15) is 0 Å². The Morgan fingerprint density at radius 3 is 2.96 bits per heavy atom. The molecule has 0 fully saturated rings. The Hall–Kier alpha value is -2.11. The number of nitrogens with zero attached hydrogens (tertiary/aromatic N) is 4. The van der Waals surface area contributed by atoms with Crippen LogP contribution in [0.25, 0.3) is 0 Å². The van der Waals surface area contributed by atoms with Crippen LogP contribution in [0.1, 0.15) is 0 Å². The Bertz CT molecular complexity index is 731. The summed E-state index contributed by atoms with van der Waals surface area (Å²) in [6, 6.07) is 11.1. The molecule has 1 aromatic carbocycles. The van der Waals surface area contributed by atoms with Crippen LogP contribution < -0.4 is 5.32 Å². The first-order valence-corrected chi connectivity index (χ1v) is 7.93. The molecule has 1 aromatic heterocycles. The van der Waals surface area contributed by atoms with Gasteiger partial charge in [0.1, 0.15) is 5.84 Å². The van der Waals surface area contributed by atoms with Gasteiger partial charge in [0.15, 0.2) is 5.82 Å². The largest absolute Gasteiger partial charge is 0.377 e. The second-order valence-electron chi connectivity index (χ2n) is 4.88. The highest BCUT2D eigenvalue weighted by molar-refractivity contribution is 6.43. The van der Waals surface area contributed by atoms with E-state index in [-0.39, 0.29) is 0 Å². The molecule has 0 bridgehead atoms. The highest BCUT2D eigenvalue weighted by Crippen LogP contribution is 2.29. The number of halogens is 2. The first-order chi connectivity index (χ1) is 11.2. The van der Waals surface area contributed by atoms with Crippen molar-refractivity contribution >= 4 is 46.9 Å². The average molecular weight is 348 g/mol. The van der Waals surface area contributed by atoms with Crippen molar-refractivity contribution in [1.82, 2.24) is 9.88 Å². The molecule has 0 amide bonds. The minimum atomic E-state index is 0.515. The molecule has 1 aliphatic rings. The molecule has 3 rings (SSSR count). The highest BCUT2D eigenvalue weighted by Gasteiger charge is 2.15. The quantitative estimate of drug-likeness (QED) is 0.659. The van der Waals surface area contributed by atoms with Gasteiger partial charge < -0.3 is 10.2 Å². The fourth-order valence-electron chi connectivity index (χ4n) is 2.16. The number of benzene rings is 1. The van der Waals surface area contributed by atoms with Gasteiger partial charge in [-0.15, -0.1) is 0 Å². The second kappa shape index (κ2) is 7.44. The first kappa shape index (κ1) is 15.8. The van der Waals surface area contributed by atoms with Gasteiger partial charge in [0.05, 0.1) is 35.2 Å². The maximum Gasteiger partial charge on any atom is 0.153 e. The SMILES string of the molecule is Clc1cccc(NCC2=NCCN2/C=N/c2ccccn2)c1Cl. The van der Waals surface area contributed by atoms with E-state index in [1.54, 1.807) is 18.6 Å². The third-order valence-corrected chi connectivity index (χ3v) is 4.15. The normalized spacial score (nSPS) is 14.3. The molecular weight excluding hydrogens is 333 g/mol. The fourth-order valence-corrected chi connectivity index (χ4v) is 2.53. The summed E-state index contributed by atoms with van der Waals surface area (Å²) in [5.41, 5.74) is 0.787. The van der Waals surface area contributed by atoms with E-state index in [9.17, 15) is 0 Å². The zero-order valence-electron chi connectivity index (χ0n) is 12.3. The molecule has 0 aliphatic carbocycles. The van der Waals surface area contributed by atoms with E-state index in [4.69, 9.17) is 23.2 Å². The number of aliphatic imine (C=N–C) groups is 2. The Balaban J connectivity index is 1.63. The first-order valence-electron chi connectivity index (χ1n) is 7.17. The van der Waals surface area contributed by atoms with E-state index in [2.05, 4.69) is 20.3 Å². The Morgan fingerprint density at radius 2 is 2.13 bits per heavy atom. The molecule has 1 aliphatic heterocycles. The molecule has 0 atom stereocenters. The van der Waals surface area contributed by atoms with Gasteiger partial charge in [-0.3, -0.25) is 4.99 Å². The molecule has 23 heavy (non-hydrogen) atoms. The number of nitrogens with one attached hydrogen (secondary N) is 1. The molecule has 0 unspecified atom stereocenters. The topological polar surface area (TPSA) is 52.9 Å². The number of hydrogen-bond donors (Lipinski definition) is 1. The minimum Gasteiger partial charge on any atom is -0.377 e. The summed E-state index contributed by atoms with van der Waals surface area (Å²) in [5.74, 6) is 1.57. The number of hydrogen-bond acceptors (Lipinski definition) is 4. The van der Waals surface area contributed by atoms with E-state index in [0.717, 1.165) is 24.6 Å². The lowest BCUT2D eigenvalue weighted by Gasteiger charge is -2.16. The van der Waals surface area contributed by atoms with E-state index < -0.39 is 0 Å². The predicted octanol–water partition coefficient (Wildman–Crippen LogP) is 3.87. The maximum absolute atomic E-state index is 6.17. The Labute approximate surface area is 144 Å². The van der Waals surface area contributed by atoms with Crippen LogP contribution >= 0.6 is 23.2 Å². The van der Waals surface area contributed by atoms with E-state index in [0.29, 0.717) is 22.4 Å². The van der Waals surface area contributed by atoms with Crippen LogP contribution in [-0.4, -0.2) is 41.7 Å². The Morgan fingerprint density at radius 1 is 1.22 bits per heavy atom. The van der Waals surface area contributed by atoms with Gasteiger partial charge in [-0.1, -0.05) is 35.3 Å². The number of amidine groups is 1. The summed E-state index contributed by atoms with van der Waals surface area (Å²) in [4.78, 5) is 15.0. The van der Waals surface area contributed by atoms with Crippen molar-refractivity contribution in [3.05, 3.63) is 52.6 Å². The number of rotatable bonds is 5. The maximum atomic E-state index is 6.17. The lowest BCUT2D eigenvalue weighted by atomic mass is 10.3. The van der Waals surface area contributed by atoms with Gasteiger partial charge in [0.2, 0.25) is 0 Å². The molecule has 0 saturated carbocycles. The van der Waals surface area contributed by atoms with Crippen LogP contribution in [0.3, 0.4) is 0 Å². The van der Waals surface area contributed by atoms with E-state index in [1.165, 1.54) is 0 Å². The summed E-state index contributed by atoms with van der Waals surface area (Å²) in [5, 5.41) is 4.30. The van der Waals surface area contributed by atoms with Gasteiger partial charge in [0, 0.05) is 12.7 Å². The van der Waals surface area contributed by atoms with Crippen LogP contribution in [-0.2, 0) is 0 Å². The summed E-state index contributed by atoms with van der Waals surface area (Å²) < 4.78 is 0. The van der Waals surface area contributed by atoms with Crippen molar-refractivity contribution in [3.8, 4) is 0 Å². The van der Waals surface area contributed by atoms with Crippen molar-refractivity contribution in [1.29, 1.82) is 0 Å². The summed E-state index contributed by atoms with van der Waals surface area (Å²) in [7, 11) is 0. The minimum absolute atomic E-state index is 0.515. The molecule has 2 heterocycles. The molecule has 1 N–H and O–H groups in total. The fraction of sp³-hybridized carbons (Fsp3) is 0.188. The number of aromatic nitrogens is 1. The zero-order chi connectivity index (χ0) is 16.1. The molecule has 2 aromatic rings. The van der Waals surface area contributed by atoms with Crippen molar-refractivity contribution in [2.45, 2.75) is 0 Å². The van der Waals surface area contributed by atoms with E-state index in [1.807, 2.05) is 35.2 Å². The van der Waals surface area contributed by atoms with Crippen LogP contribution in [0, 0.1) is 0 Å². The lowest BCUT2D eigenvalue weighted by molar-refractivity contribution is 0.677. The zero-order valence-corrected chi connectivity index (χ0v) is 13.8. The number of anilines is 1. The predicted molar refractivity (Wildman–Crippen MR) is 96.3 cm³/mol. The van der Waals surface area contributed by atoms with Crippen LogP contribution in [0.5, 0.6) is 0 Å². The van der Waals surface area contributed by atoms with Crippen LogP contribution in [0.15, 0.2) is 52.6 Å². The van der Waals surface area contributed by atoms with Crippen LogP contribution in [0.2, 0.25) is 10.0 Å². The molecule has 5 nitrogen and oxygen atoms in total. The molecule has 0 saturated heterocycles. The van der Waals surface area contributed by atoms with Crippen LogP contribution in [0.4, 0.5) is 11.5 Å². The molecule has 7 heteroatoms. The smallest absolute Gasteiger partial charge is 0.153 e. The van der Waals surface area contributed by atoms with Gasteiger partial charge in [0.25, 0.3) is 0 Å². The average Bonchev–Trinajstić information content (AvgIpc) is 3.03. The van der Waals surface area contributed by atoms with Gasteiger partial charge in [-0.25, -0.2) is 9.98 Å². The van der Waals surface area contributed by atoms with Crippen molar-refractivity contribution in [3.63, 3.8) is 0 Å². The van der Waals surface area contributed by atoms with Gasteiger partial charge >= 0.3 is 0 Å². The summed E-state index contributed by atoms with van der Waals surface area (Å²) in [6.45, 7) is 2.10. The Kier molecular flexibility index (Phi) is 5.10. The summed E-state index contributed by atoms with van der Waals surface area (Å²) >= 11 is 12.2. The molecular formula is C16H15Cl2N5. The third kappa shape index (κ3) is 4.00. The lowest BCUT2D eigenvalue weighted by Crippen LogP contribution is -2.31. The second-order valence-corrected chi connectivity index (χ2v) is 5.66. The molecule has 118 valence electrons. The number of pyridine rings is 1. The van der Waals surface area contributed by atoms with Crippen molar-refractivity contribution in [2.75, 3.05) is 25.0 Å². The summed E-state index contributed by atoms with van der Waals surface area (Å²) in [6.07, 6.45) is 3.48. The highest BCUT2D eigenvalue weighted by atomic mass is 35.5. The van der Waals surface area contributed by atoms with Crippen molar-refractivity contribution < 1.29 is 0 Å². The third-order valence-electron chi connectivity index (χ3n) is 3.33. The van der Waals surface area contributed by atoms with Gasteiger partial charge in [-0.05, 0) is 24.3 Å².